The molecule has 6 heteroatoms. The van der Waals surface area contributed by atoms with Gasteiger partial charge in [-0.15, -0.1) is 0 Å². The van der Waals surface area contributed by atoms with E-state index in [0.29, 0.717) is 23.5 Å². The van der Waals surface area contributed by atoms with Crippen LogP contribution in [0, 0.1) is 0 Å². The van der Waals surface area contributed by atoms with Crippen molar-refractivity contribution in [2.24, 2.45) is 0 Å². The molecule has 0 saturated carbocycles. The fourth-order valence-corrected chi connectivity index (χ4v) is 2.71. The molecule has 2 rings (SSSR count). The van der Waals surface area contributed by atoms with Crippen molar-refractivity contribution in [1.82, 2.24) is 5.32 Å². The van der Waals surface area contributed by atoms with E-state index in [1.165, 1.54) is 18.7 Å². The van der Waals surface area contributed by atoms with E-state index >= 15 is 0 Å². The van der Waals surface area contributed by atoms with Crippen molar-refractivity contribution in [3.63, 3.8) is 0 Å². The average molecular weight is 368 g/mol. The third kappa shape index (κ3) is 5.67. The van der Waals surface area contributed by atoms with Gasteiger partial charge in [-0.1, -0.05) is 30.3 Å². The summed E-state index contributed by atoms with van der Waals surface area (Å²) in [5.74, 6) is 0.280. The van der Waals surface area contributed by atoms with E-state index in [9.17, 15) is 14.4 Å². The highest BCUT2D eigenvalue weighted by atomic mass is 16.5. The minimum Gasteiger partial charge on any atom is -0.496 e. The maximum Gasteiger partial charge on any atom is 0.223 e. The molecular formula is C21H24N2O4. The standard InChI is InChI=1S/C21H24N2O4/c1-15(24)17-8-6-9-19(13-17)23(16(2)25)12-11-21(26)22-14-18-7-4-5-10-20(18)27-3/h4-10,13H,11-12,14H2,1-3H3,(H,22,26). The summed E-state index contributed by atoms with van der Waals surface area (Å²) in [6.07, 6.45) is 0.152. The molecule has 1 N–H and O–H groups in total. The highest BCUT2D eigenvalue weighted by Gasteiger charge is 2.15. The minimum absolute atomic E-state index is 0.0742. The van der Waals surface area contributed by atoms with Crippen LogP contribution >= 0.6 is 0 Å². The molecule has 0 heterocycles. The molecule has 142 valence electrons. The Morgan fingerprint density at radius 3 is 2.44 bits per heavy atom. The highest BCUT2D eigenvalue weighted by molar-refractivity contribution is 5.97. The number of benzene rings is 2. The first kappa shape index (κ1) is 20.2. The lowest BCUT2D eigenvalue weighted by Gasteiger charge is -2.21. The van der Waals surface area contributed by atoms with E-state index in [4.69, 9.17) is 4.74 Å². The van der Waals surface area contributed by atoms with E-state index in [0.717, 1.165) is 5.56 Å². The number of anilines is 1. The lowest BCUT2D eigenvalue weighted by molar-refractivity contribution is -0.121. The number of ketones is 1. The monoisotopic (exact) mass is 368 g/mol. The molecule has 6 nitrogen and oxygen atoms in total. The van der Waals surface area contributed by atoms with Crippen molar-refractivity contribution in [1.29, 1.82) is 0 Å². The van der Waals surface area contributed by atoms with E-state index in [-0.39, 0.29) is 30.6 Å². The van der Waals surface area contributed by atoms with Gasteiger partial charge in [0.15, 0.2) is 5.78 Å². The smallest absolute Gasteiger partial charge is 0.223 e. The van der Waals surface area contributed by atoms with Gasteiger partial charge in [0, 0.05) is 43.2 Å². The largest absolute Gasteiger partial charge is 0.496 e. The van der Waals surface area contributed by atoms with E-state index < -0.39 is 0 Å². The lowest BCUT2D eigenvalue weighted by Crippen LogP contribution is -2.33. The third-order valence-electron chi connectivity index (χ3n) is 4.18. The second kappa shape index (κ2) is 9.52. The van der Waals surface area contributed by atoms with Gasteiger partial charge in [-0.3, -0.25) is 14.4 Å². The maximum absolute atomic E-state index is 12.2. The van der Waals surface area contributed by atoms with Crippen molar-refractivity contribution < 1.29 is 19.1 Å². The predicted octanol–water partition coefficient (Wildman–Crippen LogP) is 2.96. The van der Waals surface area contributed by atoms with Gasteiger partial charge in [0.2, 0.25) is 11.8 Å². The van der Waals surface area contributed by atoms with Crippen LogP contribution in [0.5, 0.6) is 5.75 Å². The Bertz CT molecular complexity index is 832. The van der Waals surface area contributed by atoms with Crippen molar-refractivity contribution >= 4 is 23.3 Å². The molecule has 0 aromatic heterocycles. The summed E-state index contributed by atoms with van der Waals surface area (Å²) in [5, 5.41) is 2.84. The summed E-state index contributed by atoms with van der Waals surface area (Å²) in [6.45, 7) is 3.49. The SMILES string of the molecule is COc1ccccc1CNC(=O)CCN(C(C)=O)c1cccc(C(C)=O)c1. The molecular weight excluding hydrogens is 344 g/mol. The first-order valence-electron chi connectivity index (χ1n) is 8.70. The number of methoxy groups -OCH3 is 1. The van der Waals surface area contributed by atoms with Gasteiger partial charge in [0.05, 0.1) is 7.11 Å². The van der Waals surface area contributed by atoms with Gasteiger partial charge in [-0.2, -0.15) is 0 Å². The van der Waals surface area contributed by atoms with Crippen molar-refractivity contribution in [3.05, 3.63) is 59.7 Å². The first-order valence-corrected chi connectivity index (χ1v) is 8.70. The number of nitrogens with zero attached hydrogens (tertiary/aromatic N) is 1. The number of para-hydroxylation sites is 1. The van der Waals surface area contributed by atoms with Gasteiger partial charge in [-0.25, -0.2) is 0 Å². The number of carbonyl (C=O) groups excluding carboxylic acids is 3. The van der Waals surface area contributed by atoms with Crippen LogP contribution in [0.2, 0.25) is 0 Å². The number of Topliss-reactive ketones (excluding diaryl/α,β-unsaturated/α-hetero) is 1. The lowest BCUT2D eigenvalue weighted by atomic mass is 10.1. The Labute approximate surface area is 159 Å². The van der Waals surface area contributed by atoms with Gasteiger partial charge in [0.1, 0.15) is 5.75 Å². The van der Waals surface area contributed by atoms with E-state index in [1.807, 2.05) is 24.3 Å². The Kier molecular flexibility index (Phi) is 7.11. The number of carbonyl (C=O) groups is 3. The Hall–Kier alpha value is -3.15. The zero-order valence-electron chi connectivity index (χ0n) is 15.8. The molecule has 0 aliphatic carbocycles. The topological polar surface area (TPSA) is 75.7 Å². The van der Waals surface area contributed by atoms with Gasteiger partial charge in [-0.05, 0) is 25.1 Å². The van der Waals surface area contributed by atoms with Crippen LogP contribution < -0.4 is 15.0 Å². The van der Waals surface area contributed by atoms with Crippen LogP contribution in [0.1, 0.15) is 36.2 Å². The molecule has 2 amide bonds. The fourth-order valence-electron chi connectivity index (χ4n) is 2.71. The molecule has 0 atom stereocenters. The quantitative estimate of drug-likeness (QED) is 0.727. The van der Waals surface area contributed by atoms with Gasteiger partial charge >= 0.3 is 0 Å². The normalized spacial score (nSPS) is 10.2. The summed E-state index contributed by atoms with van der Waals surface area (Å²) in [5.41, 5.74) is 2.01. The molecule has 0 unspecified atom stereocenters. The Balaban J connectivity index is 1.97. The van der Waals surface area contributed by atoms with Crippen LogP contribution in [0.15, 0.2) is 48.5 Å². The summed E-state index contributed by atoms with van der Waals surface area (Å²) >= 11 is 0. The molecule has 0 radical (unpaired) electrons. The van der Waals surface area contributed by atoms with Crippen LogP contribution in [0.25, 0.3) is 0 Å². The van der Waals surface area contributed by atoms with Crippen molar-refractivity contribution in [2.75, 3.05) is 18.6 Å². The zero-order valence-corrected chi connectivity index (χ0v) is 15.8. The fraction of sp³-hybridized carbons (Fsp3) is 0.286. The minimum atomic E-state index is -0.187. The number of ether oxygens (including phenoxy) is 1. The molecule has 27 heavy (non-hydrogen) atoms. The van der Waals surface area contributed by atoms with Crippen molar-refractivity contribution in [3.8, 4) is 5.75 Å². The zero-order chi connectivity index (χ0) is 19.8. The Morgan fingerprint density at radius 1 is 1.04 bits per heavy atom. The average Bonchev–Trinajstić information content (AvgIpc) is 2.66. The maximum atomic E-state index is 12.2. The predicted molar refractivity (Wildman–Crippen MR) is 104 cm³/mol. The number of rotatable bonds is 8. The molecule has 2 aromatic rings. The number of amides is 2. The molecule has 0 aliphatic rings. The van der Waals surface area contributed by atoms with Crippen LogP contribution in [-0.2, 0) is 16.1 Å². The second-order valence-electron chi connectivity index (χ2n) is 6.12. The van der Waals surface area contributed by atoms with Gasteiger partial charge < -0.3 is 15.0 Å². The first-order chi connectivity index (χ1) is 12.9. The Morgan fingerprint density at radius 2 is 1.78 bits per heavy atom. The molecule has 0 spiro atoms. The van der Waals surface area contributed by atoms with Crippen LogP contribution in [0.3, 0.4) is 0 Å². The summed E-state index contributed by atoms with van der Waals surface area (Å²) < 4.78 is 5.26. The number of hydrogen-bond donors (Lipinski definition) is 1. The van der Waals surface area contributed by atoms with Crippen molar-refractivity contribution in [2.45, 2.75) is 26.8 Å². The second-order valence-corrected chi connectivity index (χ2v) is 6.12. The van der Waals surface area contributed by atoms with E-state index in [1.54, 1.807) is 31.4 Å². The summed E-state index contributed by atoms with van der Waals surface area (Å²) in [6, 6.07) is 14.3. The van der Waals surface area contributed by atoms with E-state index in [2.05, 4.69) is 5.32 Å². The molecule has 0 saturated heterocycles. The number of nitrogens with one attached hydrogen (secondary N) is 1. The highest BCUT2D eigenvalue weighted by Crippen LogP contribution is 2.18. The van der Waals surface area contributed by atoms with Crippen LogP contribution in [0.4, 0.5) is 5.69 Å². The van der Waals surface area contributed by atoms with Gasteiger partial charge in [0.25, 0.3) is 0 Å². The third-order valence-corrected chi connectivity index (χ3v) is 4.18. The molecule has 2 aromatic carbocycles. The molecule has 0 bridgehead atoms. The summed E-state index contributed by atoms with van der Waals surface area (Å²) in [4.78, 5) is 37.2. The molecule has 0 aliphatic heterocycles. The molecule has 0 fully saturated rings. The summed E-state index contributed by atoms with van der Waals surface area (Å²) in [7, 11) is 1.58. The number of hydrogen-bond acceptors (Lipinski definition) is 4. The van der Waals surface area contributed by atoms with Crippen LogP contribution in [-0.4, -0.2) is 31.3 Å².